The van der Waals surface area contributed by atoms with Gasteiger partial charge in [0, 0.05) is 5.41 Å². The number of fused-ring (bicyclic) bond motifs is 1. The summed E-state index contributed by atoms with van der Waals surface area (Å²) in [6.45, 7) is 11.9. The Balaban J connectivity index is 2.37. The molecule has 19 heavy (non-hydrogen) atoms. The summed E-state index contributed by atoms with van der Waals surface area (Å²) in [6, 6.07) is -0.376. The molecule has 0 radical (unpaired) electrons. The fraction of sp³-hybridized carbons (Fsp3) is 0.857. The van der Waals surface area contributed by atoms with Crippen molar-refractivity contribution in [2.24, 2.45) is 11.3 Å². The molecule has 2 fully saturated rings. The Morgan fingerprint density at radius 2 is 1.95 bits per heavy atom. The van der Waals surface area contributed by atoms with Crippen molar-refractivity contribution in [2.75, 3.05) is 0 Å². The number of carbonyl (C=O) groups is 2. The van der Waals surface area contributed by atoms with Crippen LogP contribution in [0.1, 0.15) is 48.0 Å². The highest BCUT2D eigenvalue weighted by Crippen LogP contribution is 2.43. The highest BCUT2D eigenvalue weighted by Gasteiger charge is 2.65. The van der Waals surface area contributed by atoms with Gasteiger partial charge in [-0.2, -0.15) is 0 Å². The molecule has 5 heteroatoms. The van der Waals surface area contributed by atoms with Gasteiger partial charge in [0.15, 0.2) is 11.8 Å². The molecule has 0 saturated carbocycles. The maximum Gasteiger partial charge on any atom is 0.336 e. The second-order valence-corrected chi connectivity index (χ2v) is 7.27. The zero-order valence-corrected chi connectivity index (χ0v) is 12.6. The first-order chi connectivity index (χ1) is 8.58. The predicted octanol–water partition coefficient (Wildman–Crippen LogP) is 2.11. The molecule has 2 heterocycles. The molecule has 0 bridgehead atoms. The van der Waals surface area contributed by atoms with Crippen molar-refractivity contribution in [2.45, 2.75) is 65.8 Å². The number of ether oxygens (including phenoxy) is 1. The Hall–Kier alpha value is -1.26. The third-order valence-corrected chi connectivity index (χ3v) is 4.01. The third kappa shape index (κ3) is 1.99. The molecule has 0 aromatic carbocycles. The van der Waals surface area contributed by atoms with Gasteiger partial charge in [-0.1, -0.05) is 34.6 Å². The lowest BCUT2D eigenvalue weighted by molar-refractivity contribution is -0.149. The van der Waals surface area contributed by atoms with Gasteiger partial charge in [-0.25, -0.2) is 9.59 Å². The van der Waals surface area contributed by atoms with Gasteiger partial charge in [-0.15, -0.1) is 0 Å². The molecular formula is C14H24N2O3. The van der Waals surface area contributed by atoms with Crippen LogP contribution in [0.15, 0.2) is 0 Å². The Labute approximate surface area is 114 Å². The Morgan fingerprint density at radius 3 is 2.42 bits per heavy atom. The number of esters is 1. The largest absolute Gasteiger partial charge is 0.439 e. The average molecular weight is 268 g/mol. The zero-order chi connectivity index (χ0) is 14.6. The first kappa shape index (κ1) is 14.2. The van der Waals surface area contributed by atoms with Gasteiger partial charge < -0.3 is 10.1 Å². The number of nitrogens with zero attached hydrogens (tertiary/aromatic N) is 1. The predicted molar refractivity (Wildman–Crippen MR) is 71.4 cm³/mol. The van der Waals surface area contributed by atoms with Crippen LogP contribution in [0.4, 0.5) is 4.79 Å². The normalized spacial score (nSPS) is 34.6. The molecule has 1 unspecified atom stereocenters. The smallest absolute Gasteiger partial charge is 0.336 e. The molecule has 0 aromatic heterocycles. The minimum atomic E-state index is -0.876. The van der Waals surface area contributed by atoms with Crippen LogP contribution in [0, 0.1) is 11.3 Å². The van der Waals surface area contributed by atoms with E-state index in [9.17, 15) is 9.59 Å². The van der Waals surface area contributed by atoms with Crippen LogP contribution in [0.25, 0.3) is 0 Å². The minimum Gasteiger partial charge on any atom is -0.439 e. The average Bonchev–Trinajstić information content (AvgIpc) is 2.62. The highest BCUT2D eigenvalue weighted by atomic mass is 16.6. The van der Waals surface area contributed by atoms with Crippen LogP contribution in [0.5, 0.6) is 0 Å². The summed E-state index contributed by atoms with van der Waals surface area (Å²) in [5.74, 6) is 0.111. The molecule has 1 N–H and O–H groups in total. The van der Waals surface area contributed by atoms with E-state index in [0.717, 1.165) is 6.42 Å². The Bertz CT molecular complexity index is 413. The molecule has 2 saturated heterocycles. The monoisotopic (exact) mass is 268 g/mol. The summed E-state index contributed by atoms with van der Waals surface area (Å²) in [7, 11) is 0. The van der Waals surface area contributed by atoms with Crippen molar-refractivity contribution in [3.05, 3.63) is 0 Å². The van der Waals surface area contributed by atoms with Crippen molar-refractivity contribution in [3.8, 4) is 0 Å². The maximum atomic E-state index is 12.3. The zero-order valence-electron chi connectivity index (χ0n) is 12.6. The lowest BCUT2D eigenvalue weighted by Crippen LogP contribution is -2.53. The SMILES string of the molecule is CC(C)CC1NC(=O)N2[C@H](C(C)(C)C)OC(=O)[C@@]12C. The maximum absolute atomic E-state index is 12.3. The number of hydrogen-bond acceptors (Lipinski definition) is 3. The molecule has 0 aromatic rings. The number of rotatable bonds is 2. The molecule has 108 valence electrons. The van der Waals surface area contributed by atoms with Gasteiger partial charge in [-0.05, 0) is 19.3 Å². The van der Waals surface area contributed by atoms with Gasteiger partial charge in [0.2, 0.25) is 0 Å². The molecule has 2 amide bonds. The van der Waals surface area contributed by atoms with Crippen LogP contribution in [0.3, 0.4) is 0 Å². The molecule has 0 aliphatic carbocycles. The van der Waals surface area contributed by atoms with Crippen molar-refractivity contribution in [3.63, 3.8) is 0 Å². The van der Waals surface area contributed by atoms with Gasteiger partial charge in [-0.3, -0.25) is 4.90 Å². The van der Waals surface area contributed by atoms with Crippen LogP contribution in [-0.2, 0) is 9.53 Å². The first-order valence-corrected chi connectivity index (χ1v) is 6.89. The summed E-state index contributed by atoms with van der Waals surface area (Å²) in [4.78, 5) is 26.2. The number of carbonyl (C=O) groups excluding carboxylic acids is 2. The van der Waals surface area contributed by atoms with Gasteiger partial charge in [0.1, 0.15) is 0 Å². The van der Waals surface area contributed by atoms with Crippen LogP contribution < -0.4 is 5.32 Å². The molecule has 2 aliphatic heterocycles. The minimum absolute atomic E-state index is 0.181. The summed E-state index contributed by atoms with van der Waals surface area (Å²) < 4.78 is 5.50. The fourth-order valence-corrected chi connectivity index (χ4v) is 2.93. The van der Waals surface area contributed by atoms with E-state index in [-0.39, 0.29) is 23.5 Å². The van der Waals surface area contributed by atoms with E-state index in [1.165, 1.54) is 0 Å². The number of urea groups is 1. The lowest BCUT2D eigenvalue weighted by atomic mass is 9.86. The van der Waals surface area contributed by atoms with Crippen LogP contribution in [-0.4, -0.2) is 34.7 Å². The molecule has 5 nitrogen and oxygen atoms in total. The summed E-state index contributed by atoms with van der Waals surface area (Å²) in [5, 5.41) is 2.95. The molecule has 2 rings (SSSR count). The van der Waals surface area contributed by atoms with Crippen molar-refractivity contribution in [1.29, 1.82) is 0 Å². The van der Waals surface area contributed by atoms with E-state index < -0.39 is 11.8 Å². The number of nitrogens with one attached hydrogen (secondary N) is 1. The fourth-order valence-electron chi connectivity index (χ4n) is 2.93. The first-order valence-electron chi connectivity index (χ1n) is 6.89. The van der Waals surface area contributed by atoms with Crippen molar-refractivity contribution < 1.29 is 14.3 Å². The topological polar surface area (TPSA) is 58.6 Å². The van der Waals surface area contributed by atoms with E-state index >= 15 is 0 Å². The van der Waals surface area contributed by atoms with Crippen molar-refractivity contribution in [1.82, 2.24) is 10.2 Å². The summed E-state index contributed by atoms with van der Waals surface area (Å²) in [6.07, 6.45) is 0.271. The number of hydrogen-bond donors (Lipinski definition) is 1. The molecule has 3 atom stereocenters. The lowest BCUT2D eigenvalue weighted by Gasteiger charge is -2.34. The Kier molecular flexibility index (Phi) is 3.07. The molecule has 0 spiro atoms. The second-order valence-electron chi connectivity index (χ2n) is 7.27. The van der Waals surface area contributed by atoms with Crippen LogP contribution >= 0.6 is 0 Å². The third-order valence-electron chi connectivity index (χ3n) is 4.01. The standard InChI is InChI=1S/C14H24N2O3/c1-8(2)7-9-14(6)11(17)19-10(13(3,4)5)16(14)12(18)15-9/h8-10H,7H2,1-6H3,(H,15,18)/t9?,10-,14+/m0/s1. The van der Waals surface area contributed by atoms with Crippen LogP contribution in [0.2, 0.25) is 0 Å². The van der Waals surface area contributed by atoms with E-state index in [0.29, 0.717) is 5.92 Å². The van der Waals surface area contributed by atoms with Gasteiger partial charge in [0.05, 0.1) is 6.04 Å². The molecule has 2 aliphatic rings. The Morgan fingerprint density at radius 1 is 1.37 bits per heavy atom. The quantitative estimate of drug-likeness (QED) is 0.780. The number of amides is 2. The van der Waals surface area contributed by atoms with Gasteiger partial charge >= 0.3 is 12.0 Å². The van der Waals surface area contributed by atoms with E-state index in [1.807, 2.05) is 27.7 Å². The molecular weight excluding hydrogens is 244 g/mol. The van der Waals surface area contributed by atoms with E-state index in [1.54, 1.807) is 4.90 Å². The van der Waals surface area contributed by atoms with Gasteiger partial charge in [0.25, 0.3) is 0 Å². The summed E-state index contributed by atoms with van der Waals surface area (Å²) >= 11 is 0. The van der Waals surface area contributed by atoms with E-state index in [2.05, 4.69) is 19.2 Å². The van der Waals surface area contributed by atoms with E-state index in [4.69, 9.17) is 4.74 Å². The highest BCUT2D eigenvalue weighted by molar-refractivity contribution is 5.94. The number of cyclic esters (lactones) is 1. The summed E-state index contributed by atoms with van der Waals surface area (Å²) in [5.41, 5.74) is -1.17. The second kappa shape index (κ2) is 4.12. The van der Waals surface area contributed by atoms with Crippen molar-refractivity contribution >= 4 is 12.0 Å².